The normalized spacial score (nSPS) is 14.7. The van der Waals surface area contributed by atoms with Crippen molar-refractivity contribution in [1.82, 2.24) is 14.9 Å². The molecule has 0 aliphatic carbocycles. The van der Waals surface area contributed by atoms with Gasteiger partial charge in [-0.05, 0) is 25.6 Å². The summed E-state index contributed by atoms with van der Waals surface area (Å²) in [6.45, 7) is 2.82. The van der Waals surface area contributed by atoms with E-state index in [0.29, 0.717) is 0 Å². The third kappa shape index (κ3) is 3.13. The molecule has 0 saturated heterocycles. The summed E-state index contributed by atoms with van der Waals surface area (Å²) in [6.07, 6.45) is 3.66. The van der Waals surface area contributed by atoms with Crippen LogP contribution in [-0.2, 0) is 6.54 Å². The Morgan fingerprint density at radius 2 is 2.33 bits per heavy atom. The molecule has 2 unspecified atom stereocenters. The molecule has 2 aromatic heterocycles. The van der Waals surface area contributed by atoms with E-state index in [0.717, 1.165) is 17.8 Å². The van der Waals surface area contributed by atoms with Crippen LogP contribution in [0.5, 0.6) is 0 Å². The first-order valence-corrected chi connectivity index (χ1v) is 6.85. The lowest BCUT2D eigenvalue weighted by Crippen LogP contribution is -2.37. The van der Waals surface area contributed by atoms with Crippen molar-refractivity contribution in [3.8, 4) is 0 Å². The second-order valence-corrected chi connectivity index (χ2v) is 5.20. The quantitative estimate of drug-likeness (QED) is 0.896. The average Bonchev–Trinajstić information content (AvgIpc) is 2.83. The standard InChI is InChI=1S/C13H18N4S/c1-10(14)13(11-4-3-5-15-6-11)17(2)7-12-8-18-9-16-12/h3-6,8-10,13H,7,14H2,1-2H3. The molecule has 0 aliphatic heterocycles. The van der Waals surface area contributed by atoms with Gasteiger partial charge in [0.15, 0.2) is 0 Å². The number of aromatic nitrogens is 2. The summed E-state index contributed by atoms with van der Waals surface area (Å²) in [4.78, 5) is 10.7. The van der Waals surface area contributed by atoms with Crippen LogP contribution in [-0.4, -0.2) is 28.0 Å². The van der Waals surface area contributed by atoms with E-state index in [1.54, 1.807) is 17.5 Å². The Morgan fingerprint density at radius 3 is 2.89 bits per heavy atom. The fourth-order valence-electron chi connectivity index (χ4n) is 2.18. The topological polar surface area (TPSA) is 55.0 Å². The van der Waals surface area contributed by atoms with Gasteiger partial charge in [-0.3, -0.25) is 9.88 Å². The predicted octanol–water partition coefficient (Wildman–Crippen LogP) is 2.06. The molecule has 2 aromatic rings. The first-order valence-electron chi connectivity index (χ1n) is 5.91. The Bertz CT molecular complexity index is 455. The van der Waals surface area contributed by atoms with Crippen molar-refractivity contribution in [2.45, 2.75) is 25.6 Å². The third-order valence-corrected chi connectivity index (χ3v) is 3.53. The van der Waals surface area contributed by atoms with E-state index in [1.807, 2.05) is 24.7 Å². The Kier molecular flexibility index (Phi) is 4.41. The molecular weight excluding hydrogens is 244 g/mol. The van der Waals surface area contributed by atoms with Crippen LogP contribution in [0.15, 0.2) is 35.4 Å². The molecule has 96 valence electrons. The largest absolute Gasteiger partial charge is 0.326 e. The van der Waals surface area contributed by atoms with E-state index in [-0.39, 0.29) is 12.1 Å². The van der Waals surface area contributed by atoms with Gasteiger partial charge in [-0.1, -0.05) is 6.07 Å². The molecule has 0 saturated carbocycles. The Labute approximate surface area is 111 Å². The van der Waals surface area contributed by atoms with Crippen molar-refractivity contribution in [1.29, 1.82) is 0 Å². The van der Waals surface area contributed by atoms with Crippen molar-refractivity contribution in [3.05, 3.63) is 46.7 Å². The summed E-state index contributed by atoms with van der Waals surface area (Å²) in [6, 6.07) is 4.21. The van der Waals surface area contributed by atoms with Crippen molar-refractivity contribution < 1.29 is 0 Å². The molecule has 0 aromatic carbocycles. The van der Waals surface area contributed by atoms with Crippen LogP contribution < -0.4 is 5.73 Å². The molecule has 2 heterocycles. The zero-order valence-electron chi connectivity index (χ0n) is 10.7. The van der Waals surface area contributed by atoms with Crippen LogP contribution in [0.4, 0.5) is 0 Å². The molecular formula is C13H18N4S. The maximum Gasteiger partial charge on any atom is 0.0795 e. The van der Waals surface area contributed by atoms with Gasteiger partial charge in [-0.15, -0.1) is 11.3 Å². The number of rotatable bonds is 5. The number of nitrogens with zero attached hydrogens (tertiary/aromatic N) is 3. The minimum absolute atomic E-state index is 0.0397. The molecule has 2 atom stereocenters. The summed E-state index contributed by atoms with van der Waals surface area (Å²) < 4.78 is 0. The monoisotopic (exact) mass is 262 g/mol. The molecule has 18 heavy (non-hydrogen) atoms. The minimum Gasteiger partial charge on any atom is -0.326 e. The van der Waals surface area contributed by atoms with Gasteiger partial charge in [0, 0.05) is 30.4 Å². The Balaban J connectivity index is 2.15. The van der Waals surface area contributed by atoms with Crippen molar-refractivity contribution in [3.63, 3.8) is 0 Å². The zero-order valence-corrected chi connectivity index (χ0v) is 11.5. The molecule has 4 nitrogen and oxygen atoms in total. The number of nitrogens with two attached hydrogens (primary N) is 1. The molecule has 0 bridgehead atoms. The summed E-state index contributed by atoms with van der Waals surface area (Å²) in [5.41, 5.74) is 10.2. The second-order valence-electron chi connectivity index (χ2n) is 4.49. The highest BCUT2D eigenvalue weighted by molar-refractivity contribution is 7.07. The van der Waals surface area contributed by atoms with Crippen LogP contribution >= 0.6 is 11.3 Å². The molecule has 5 heteroatoms. The van der Waals surface area contributed by atoms with Gasteiger partial charge in [0.05, 0.1) is 17.2 Å². The lowest BCUT2D eigenvalue weighted by molar-refractivity contribution is 0.208. The molecule has 0 fully saturated rings. The van der Waals surface area contributed by atoms with E-state index >= 15 is 0 Å². The Hall–Kier alpha value is -1.30. The lowest BCUT2D eigenvalue weighted by atomic mass is 10.0. The molecule has 2 rings (SSSR count). The van der Waals surface area contributed by atoms with Crippen LogP contribution in [0, 0.1) is 0 Å². The lowest BCUT2D eigenvalue weighted by Gasteiger charge is -2.30. The van der Waals surface area contributed by atoms with E-state index in [4.69, 9.17) is 5.73 Å². The first kappa shape index (κ1) is 13.1. The van der Waals surface area contributed by atoms with Crippen molar-refractivity contribution in [2.24, 2.45) is 5.73 Å². The number of thiazole rings is 1. The highest BCUT2D eigenvalue weighted by atomic mass is 32.1. The molecule has 0 radical (unpaired) electrons. The summed E-state index contributed by atoms with van der Waals surface area (Å²) >= 11 is 1.62. The number of pyridine rings is 1. The summed E-state index contributed by atoms with van der Waals surface area (Å²) in [5, 5.41) is 2.07. The van der Waals surface area contributed by atoms with Gasteiger partial charge < -0.3 is 5.73 Å². The second kappa shape index (κ2) is 6.04. The Morgan fingerprint density at radius 1 is 1.50 bits per heavy atom. The fraction of sp³-hybridized carbons (Fsp3) is 0.385. The molecule has 2 N–H and O–H groups in total. The zero-order chi connectivity index (χ0) is 13.0. The van der Waals surface area contributed by atoms with E-state index in [9.17, 15) is 0 Å². The number of hydrogen-bond donors (Lipinski definition) is 1. The van der Waals surface area contributed by atoms with Gasteiger partial charge in [-0.2, -0.15) is 0 Å². The molecule has 0 aliphatic rings. The fourth-order valence-corrected chi connectivity index (χ4v) is 2.73. The van der Waals surface area contributed by atoms with Gasteiger partial charge in [0.2, 0.25) is 0 Å². The number of hydrogen-bond acceptors (Lipinski definition) is 5. The third-order valence-electron chi connectivity index (χ3n) is 2.89. The maximum atomic E-state index is 6.11. The highest BCUT2D eigenvalue weighted by Gasteiger charge is 2.21. The van der Waals surface area contributed by atoms with E-state index in [1.165, 1.54) is 0 Å². The summed E-state index contributed by atoms with van der Waals surface area (Å²) in [7, 11) is 2.07. The summed E-state index contributed by atoms with van der Waals surface area (Å²) in [5.74, 6) is 0. The highest BCUT2D eigenvalue weighted by Crippen LogP contribution is 2.23. The predicted molar refractivity (Wildman–Crippen MR) is 74.2 cm³/mol. The van der Waals surface area contributed by atoms with Gasteiger partial charge in [-0.25, -0.2) is 4.98 Å². The molecule has 0 spiro atoms. The van der Waals surface area contributed by atoms with E-state index < -0.39 is 0 Å². The van der Waals surface area contributed by atoms with Crippen molar-refractivity contribution >= 4 is 11.3 Å². The van der Waals surface area contributed by atoms with Gasteiger partial charge >= 0.3 is 0 Å². The van der Waals surface area contributed by atoms with Crippen LogP contribution in [0.25, 0.3) is 0 Å². The minimum atomic E-state index is 0.0397. The first-order chi connectivity index (χ1) is 8.68. The molecule has 0 amide bonds. The van der Waals surface area contributed by atoms with Crippen molar-refractivity contribution in [2.75, 3.05) is 7.05 Å². The van der Waals surface area contributed by atoms with Crippen LogP contribution in [0.2, 0.25) is 0 Å². The van der Waals surface area contributed by atoms with Crippen LogP contribution in [0.1, 0.15) is 24.2 Å². The smallest absolute Gasteiger partial charge is 0.0795 e. The number of likely N-dealkylation sites (N-methyl/N-ethyl adjacent to an activating group) is 1. The van der Waals surface area contributed by atoms with Crippen LogP contribution in [0.3, 0.4) is 0 Å². The van der Waals surface area contributed by atoms with E-state index in [2.05, 4.69) is 33.4 Å². The SMILES string of the molecule is CC(N)C(c1cccnc1)N(C)Cc1cscn1. The van der Waals surface area contributed by atoms with Gasteiger partial charge in [0.1, 0.15) is 0 Å². The average molecular weight is 262 g/mol. The van der Waals surface area contributed by atoms with Gasteiger partial charge in [0.25, 0.3) is 0 Å². The maximum absolute atomic E-state index is 6.11.